The van der Waals surface area contributed by atoms with Gasteiger partial charge >= 0.3 is 5.97 Å². The minimum Gasteiger partial charge on any atom is -0.491 e. The molecule has 0 fully saturated rings. The highest BCUT2D eigenvalue weighted by molar-refractivity contribution is 5.80. The van der Waals surface area contributed by atoms with Crippen molar-refractivity contribution in [3.63, 3.8) is 0 Å². The second-order valence-corrected chi connectivity index (χ2v) is 6.66. The fourth-order valence-electron chi connectivity index (χ4n) is 2.67. The number of para-hydroxylation sites is 1. The standard InChI is InChI=1S/C21H23F2NO4/c1-14(2)28-19-6-4-3-5-16(19)12-20(25)24(10-9-21(26)27)13-15-7-8-17(22)18(23)11-15/h3-8,11,14H,9-10,12-13H2,1-2H3,(H,26,27). The Bertz CT molecular complexity index is 839. The summed E-state index contributed by atoms with van der Waals surface area (Å²) in [6.07, 6.45) is -0.312. The van der Waals surface area contributed by atoms with E-state index < -0.39 is 17.6 Å². The highest BCUT2D eigenvalue weighted by Crippen LogP contribution is 2.21. The lowest BCUT2D eigenvalue weighted by Gasteiger charge is -2.23. The third-order valence-electron chi connectivity index (χ3n) is 3.98. The van der Waals surface area contributed by atoms with Gasteiger partial charge in [0.15, 0.2) is 11.6 Å². The molecular formula is C21H23F2NO4. The third kappa shape index (κ3) is 6.33. The summed E-state index contributed by atoms with van der Waals surface area (Å²) in [5, 5.41) is 8.96. The highest BCUT2D eigenvalue weighted by atomic mass is 19.2. The van der Waals surface area contributed by atoms with Gasteiger partial charge in [-0.15, -0.1) is 0 Å². The molecule has 28 heavy (non-hydrogen) atoms. The van der Waals surface area contributed by atoms with Crippen molar-refractivity contribution in [3.8, 4) is 5.75 Å². The molecule has 0 radical (unpaired) electrons. The molecule has 0 unspecified atom stereocenters. The van der Waals surface area contributed by atoms with E-state index in [0.29, 0.717) is 16.9 Å². The van der Waals surface area contributed by atoms with E-state index in [0.717, 1.165) is 12.1 Å². The van der Waals surface area contributed by atoms with Crippen LogP contribution < -0.4 is 4.74 Å². The lowest BCUT2D eigenvalue weighted by Crippen LogP contribution is -2.34. The fraction of sp³-hybridized carbons (Fsp3) is 0.333. The van der Waals surface area contributed by atoms with Crippen molar-refractivity contribution in [2.24, 2.45) is 0 Å². The molecule has 7 heteroatoms. The summed E-state index contributed by atoms with van der Waals surface area (Å²) in [4.78, 5) is 25.1. The maximum atomic E-state index is 13.5. The van der Waals surface area contributed by atoms with Gasteiger partial charge < -0.3 is 14.7 Å². The molecule has 2 rings (SSSR count). The molecule has 0 atom stereocenters. The first-order valence-corrected chi connectivity index (χ1v) is 8.94. The fourth-order valence-corrected chi connectivity index (χ4v) is 2.67. The number of aliphatic carboxylic acids is 1. The van der Waals surface area contributed by atoms with Gasteiger partial charge in [0.2, 0.25) is 5.91 Å². The first-order valence-electron chi connectivity index (χ1n) is 8.94. The zero-order valence-corrected chi connectivity index (χ0v) is 15.8. The number of carboxylic acid groups (broad SMARTS) is 1. The lowest BCUT2D eigenvalue weighted by atomic mass is 10.1. The molecule has 0 aromatic heterocycles. The van der Waals surface area contributed by atoms with Crippen LogP contribution in [0.5, 0.6) is 5.75 Å². The zero-order valence-electron chi connectivity index (χ0n) is 15.8. The summed E-state index contributed by atoms with van der Waals surface area (Å²) in [7, 11) is 0. The van der Waals surface area contributed by atoms with Gasteiger partial charge in [-0.1, -0.05) is 24.3 Å². The van der Waals surface area contributed by atoms with Crippen LogP contribution in [0.2, 0.25) is 0 Å². The Balaban J connectivity index is 2.19. The van der Waals surface area contributed by atoms with Crippen LogP contribution in [-0.2, 0) is 22.6 Å². The molecule has 0 saturated carbocycles. The van der Waals surface area contributed by atoms with Gasteiger partial charge in [0, 0.05) is 18.7 Å². The summed E-state index contributed by atoms with van der Waals surface area (Å²) < 4.78 is 32.3. The van der Waals surface area contributed by atoms with E-state index in [9.17, 15) is 18.4 Å². The second kappa shape index (κ2) is 9.82. The van der Waals surface area contributed by atoms with Crippen LogP contribution in [0.4, 0.5) is 8.78 Å². The van der Waals surface area contributed by atoms with E-state index in [1.807, 2.05) is 13.8 Å². The molecule has 1 N–H and O–H groups in total. The minimum atomic E-state index is -1.05. The predicted octanol–water partition coefficient (Wildman–Crippen LogP) is 3.80. The van der Waals surface area contributed by atoms with Gasteiger partial charge in [-0.25, -0.2) is 8.78 Å². The van der Waals surface area contributed by atoms with Gasteiger partial charge in [-0.05, 0) is 37.6 Å². The SMILES string of the molecule is CC(C)Oc1ccccc1CC(=O)N(CCC(=O)O)Cc1ccc(F)c(F)c1. The number of rotatable bonds is 9. The van der Waals surface area contributed by atoms with E-state index >= 15 is 0 Å². The van der Waals surface area contributed by atoms with Crippen molar-refractivity contribution in [3.05, 3.63) is 65.2 Å². The predicted molar refractivity (Wildman–Crippen MR) is 99.9 cm³/mol. The number of halogens is 2. The van der Waals surface area contributed by atoms with Gasteiger partial charge in [0.05, 0.1) is 18.9 Å². The Kier molecular flexibility index (Phi) is 7.49. The number of carbonyl (C=O) groups excluding carboxylic acids is 1. The largest absolute Gasteiger partial charge is 0.491 e. The molecule has 2 aromatic carbocycles. The van der Waals surface area contributed by atoms with Crippen molar-refractivity contribution in [2.45, 2.75) is 39.3 Å². The van der Waals surface area contributed by atoms with Gasteiger partial charge in [0.25, 0.3) is 0 Å². The van der Waals surface area contributed by atoms with Crippen LogP contribution in [0.3, 0.4) is 0 Å². The van der Waals surface area contributed by atoms with Crippen LogP contribution >= 0.6 is 0 Å². The first kappa shape index (κ1) is 21.3. The minimum absolute atomic E-state index is 0.00614. The Morgan fingerprint density at radius 1 is 1.11 bits per heavy atom. The van der Waals surface area contributed by atoms with Crippen molar-refractivity contribution in [2.75, 3.05) is 6.54 Å². The number of carbonyl (C=O) groups is 2. The van der Waals surface area contributed by atoms with Crippen LogP contribution in [-0.4, -0.2) is 34.5 Å². The summed E-state index contributed by atoms with van der Waals surface area (Å²) in [5.41, 5.74) is 1.05. The lowest BCUT2D eigenvalue weighted by molar-refractivity contribution is -0.138. The smallest absolute Gasteiger partial charge is 0.305 e. The monoisotopic (exact) mass is 391 g/mol. The number of benzene rings is 2. The summed E-state index contributed by atoms with van der Waals surface area (Å²) in [5.74, 6) is -2.79. The highest BCUT2D eigenvalue weighted by Gasteiger charge is 2.19. The number of hydrogen-bond donors (Lipinski definition) is 1. The van der Waals surface area contributed by atoms with Crippen LogP contribution in [0.25, 0.3) is 0 Å². The topological polar surface area (TPSA) is 66.8 Å². The summed E-state index contributed by atoms with van der Waals surface area (Å²) in [6, 6.07) is 10.5. The number of amides is 1. The van der Waals surface area contributed by atoms with Gasteiger partial charge in [0.1, 0.15) is 5.75 Å². The molecule has 0 spiro atoms. The molecule has 1 amide bonds. The number of nitrogens with zero attached hydrogens (tertiary/aromatic N) is 1. The number of ether oxygens (including phenoxy) is 1. The second-order valence-electron chi connectivity index (χ2n) is 6.66. The van der Waals surface area contributed by atoms with Crippen molar-refractivity contribution in [1.82, 2.24) is 4.90 Å². The van der Waals surface area contributed by atoms with Crippen LogP contribution in [0.15, 0.2) is 42.5 Å². The third-order valence-corrected chi connectivity index (χ3v) is 3.98. The van der Waals surface area contributed by atoms with Crippen LogP contribution in [0, 0.1) is 11.6 Å². The molecule has 0 aliphatic carbocycles. The molecular weight excluding hydrogens is 368 g/mol. The summed E-state index contributed by atoms with van der Waals surface area (Å²) in [6.45, 7) is 3.69. The van der Waals surface area contributed by atoms with E-state index in [2.05, 4.69) is 0 Å². The Hall–Kier alpha value is -2.96. The van der Waals surface area contributed by atoms with E-state index in [4.69, 9.17) is 9.84 Å². The molecule has 2 aromatic rings. The van der Waals surface area contributed by atoms with Crippen LogP contribution in [0.1, 0.15) is 31.4 Å². The zero-order chi connectivity index (χ0) is 20.7. The van der Waals surface area contributed by atoms with E-state index in [-0.39, 0.29) is 37.9 Å². The molecule has 0 saturated heterocycles. The number of carboxylic acids is 1. The Morgan fingerprint density at radius 3 is 2.46 bits per heavy atom. The maximum Gasteiger partial charge on any atom is 0.305 e. The first-order chi connectivity index (χ1) is 13.3. The van der Waals surface area contributed by atoms with Gasteiger partial charge in [-0.2, -0.15) is 0 Å². The average molecular weight is 391 g/mol. The molecule has 5 nitrogen and oxygen atoms in total. The molecule has 0 heterocycles. The maximum absolute atomic E-state index is 13.5. The molecule has 0 aliphatic rings. The Morgan fingerprint density at radius 2 is 1.82 bits per heavy atom. The van der Waals surface area contributed by atoms with E-state index in [1.165, 1.54) is 11.0 Å². The molecule has 150 valence electrons. The Labute approximate surface area is 162 Å². The van der Waals surface area contributed by atoms with Crippen molar-refractivity contribution < 1.29 is 28.2 Å². The van der Waals surface area contributed by atoms with Gasteiger partial charge in [-0.3, -0.25) is 9.59 Å². The molecule has 0 bridgehead atoms. The van der Waals surface area contributed by atoms with E-state index in [1.54, 1.807) is 24.3 Å². The average Bonchev–Trinajstić information content (AvgIpc) is 2.62. The van der Waals surface area contributed by atoms with Crippen molar-refractivity contribution in [1.29, 1.82) is 0 Å². The quantitative estimate of drug-likeness (QED) is 0.706. The van der Waals surface area contributed by atoms with Crippen molar-refractivity contribution >= 4 is 11.9 Å². The molecule has 0 aliphatic heterocycles. The number of hydrogen-bond acceptors (Lipinski definition) is 3. The normalized spacial score (nSPS) is 10.8. The summed E-state index contributed by atoms with van der Waals surface area (Å²) >= 11 is 0.